The monoisotopic (exact) mass is 389 g/mol. The molecule has 0 aliphatic carbocycles. The number of benzene rings is 2. The van der Waals surface area contributed by atoms with E-state index in [1.165, 1.54) is 0 Å². The molecule has 146 valence electrons. The summed E-state index contributed by atoms with van der Waals surface area (Å²) in [5.41, 5.74) is 7.73. The molecule has 1 unspecified atom stereocenters. The maximum atomic E-state index is 12.6. The van der Waals surface area contributed by atoms with Crippen LogP contribution in [0.4, 0.5) is 0 Å². The van der Waals surface area contributed by atoms with E-state index < -0.39 is 11.6 Å². The van der Waals surface area contributed by atoms with Gasteiger partial charge in [0.25, 0.3) is 5.91 Å². The lowest BCUT2D eigenvalue weighted by Crippen LogP contribution is -2.49. The van der Waals surface area contributed by atoms with E-state index in [2.05, 4.69) is 10.6 Å². The molecule has 0 spiro atoms. The van der Waals surface area contributed by atoms with E-state index in [4.69, 9.17) is 5.73 Å². The van der Waals surface area contributed by atoms with Crippen molar-refractivity contribution < 1.29 is 9.59 Å². The first-order chi connectivity index (χ1) is 12.3. The lowest BCUT2D eigenvalue weighted by Gasteiger charge is -2.26. The molecule has 0 saturated carbocycles. The summed E-state index contributed by atoms with van der Waals surface area (Å²) in [5.74, 6) is -0.358. The molecule has 27 heavy (non-hydrogen) atoms. The van der Waals surface area contributed by atoms with Crippen molar-refractivity contribution in [2.45, 2.75) is 38.8 Å². The number of nitrogens with two attached hydrogens (primary N) is 1. The van der Waals surface area contributed by atoms with Crippen LogP contribution in [0.25, 0.3) is 0 Å². The summed E-state index contributed by atoms with van der Waals surface area (Å²) in [6.07, 6.45) is 0.144. The standard InChI is InChI=1S/C21H27N3O2.ClH/c1-15-9-11-17(12-10-15)20(26)23-18(16-7-5-4-6-8-16)13-19(25)24-21(2,3)14-22;/h4-12,18H,13-14,22H2,1-3H3,(H,23,26)(H,24,25);1H. The largest absolute Gasteiger partial charge is 0.350 e. The van der Waals surface area contributed by atoms with Crippen LogP contribution in [0.3, 0.4) is 0 Å². The third-order valence-corrected chi connectivity index (χ3v) is 4.20. The van der Waals surface area contributed by atoms with E-state index in [9.17, 15) is 9.59 Å². The molecule has 2 aromatic rings. The van der Waals surface area contributed by atoms with Crippen molar-refractivity contribution in [2.24, 2.45) is 5.73 Å². The lowest BCUT2D eigenvalue weighted by atomic mass is 10.0. The molecule has 0 aromatic heterocycles. The molecule has 4 N–H and O–H groups in total. The number of nitrogens with one attached hydrogen (secondary N) is 2. The van der Waals surface area contributed by atoms with Crippen LogP contribution < -0.4 is 16.4 Å². The zero-order valence-electron chi connectivity index (χ0n) is 16.0. The van der Waals surface area contributed by atoms with Crippen LogP contribution >= 0.6 is 12.4 Å². The molecule has 0 saturated heterocycles. The maximum absolute atomic E-state index is 12.6. The molecule has 2 amide bonds. The molecule has 2 aromatic carbocycles. The van der Waals surface area contributed by atoms with Gasteiger partial charge in [0.1, 0.15) is 0 Å². The Kier molecular flexibility index (Phi) is 8.47. The van der Waals surface area contributed by atoms with E-state index in [-0.39, 0.29) is 30.6 Å². The van der Waals surface area contributed by atoms with Gasteiger partial charge in [0, 0.05) is 17.6 Å². The molecule has 2 rings (SSSR count). The first-order valence-electron chi connectivity index (χ1n) is 8.74. The fourth-order valence-corrected chi connectivity index (χ4v) is 2.55. The van der Waals surface area contributed by atoms with Gasteiger partial charge in [0.05, 0.1) is 12.5 Å². The summed E-state index contributed by atoms with van der Waals surface area (Å²) >= 11 is 0. The van der Waals surface area contributed by atoms with Crippen LogP contribution in [0.15, 0.2) is 54.6 Å². The third-order valence-electron chi connectivity index (χ3n) is 4.20. The van der Waals surface area contributed by atoms with Crippen molar-refractivity contribution in [1.29, 1.82) is 0 Å². The molecule has 0 bridgehead atoms. The second kappa shape index (κ2) is 10.1. The Morgan fingerprint density at radius 2 is 1.63 bits per heavy atom. The lowest BCUT2D eigenvalue weighted by molar-refractivity contribution is -0.123. The average Bonchev–Trinajstić information content (AvgIpc) is 2.62. The van der Waals surface area contributed by atoms with E-state index >= 15 is 0 Å². The van der Waals surface area contributed by atoms with E-state index in [1.54, 1.807) is 12.1 Å². The van der Waals surface area contributed by atoms with Gasteiger partial charge in [-0.1, -0.05) is 48.0 Å². The zero-order chi connectivity index (χ0) is 19.2. The second-order valence-electron chi connectivity index (χ2n) is 7.14. The highest BCUT2D eigenvalue weighted by molar-refractivity contribution is 5.94. The molecule has 0 heterocycles. The smallest absolute Gasteiger partial charge is 0.251 e. The molecule has 1 atom stereocenters. The van der Waals surface area contributed by atoms with Crippen LogP contribution in [-0.4, -0.2) is 23.9 Å². The highest BCUT2D eigenvalue weighted by atomic mass is 35.5. The number of hydrogen-bond acceptors (Lipinski definition) is 3. The SMILES string of the molecule is Cc1ccc(C(=O)NC(CC(=O)NC(C)(C)CN)c2ccccc2)cc1.Cl. The van der Waals surface area contributed by atoms with Gasteiger partial charge in [-0.2, -0.15) is 0 Å². The minimum atomic E-state index is -0.487. The first kappa shape index (κ1) is 22.7. The minimum Gasteiger partial charge on any atom is -0.350 e. The number of rotatable bonds is 7. The zero-order valence-corrected chi connectivity index (χ0v) is 16.8. The van der Waals surface area contributed by atoms with Crippen LogP contribution in [0.1, 0.15) is 47.8 Å². The molecule has 0 radical (unpaired) electrons. The maximum Gasteiger partial charge on any atom is 0.251 e. The van der Waals surface area contributed by atoms with Gasteiger partial charge in [-0.05, 0) is 38.5 Å². The van der Waals surface area contributed by atoms with Crippen molar-refractivity contribution in [1.82, 2.24) is 10.6 Å². The molecule has 5 nitrogen and oxygen atoms in total. The van der Waals surface area contributed by atoms with Crippen LogP contribution in [-0.2, 0) is 4.79 Å². The van der Waals surface area contributed by atoms with Gasteiger partial charge in [0.2, 0.25) is 5.91 Å². The van der Waals surface area contributed by atoms with Gasteiger partial charge in [-0.15, -0.1) is 12.4 Å². The fourth-order valence-electron chi connectivity index (χ4n) is 2.55. The predicted octanol–water partition coefficient (Wildman–Crippen LogP) is 3.13. The molecular formula is C21H28ClN3O2. The summed E-state index contributed by atoms with van der Waals surface area (Å²) in [6, 6.07) is 16.4. The Balaban J connectivity index is 0.00000364. The summed E-state index contributed by atoms with van der Waals surface area (Å²) in [7, 11) is 0. The van der Waals surface area contributed by atoms with Crippen molar-refractivity contribution in [2.75, 3.05) is 6.54 Å². The van der Waals surface area contributed by atoms with Gasteiger partial charge in [-0.3, -0.25) is 9.59 Å². The number of carbonyl (C=O) groups is 2. The summed E-state index contributed by atoms with van der Waals surface area (Å²) in [4.78, 5) is 25.0. The van der Waals surface area contributed by atoms with Crippen molar-refractivity contribution in [3.05, 3.63) is 71.3 Å². The number of aryl methyl sites for hydroxylation is 1. The Morgan fingerprint density at radius 3 is 2.19 bits per heavy atom. The van der Waals surface area contributed by atoms with Gasteiger partial charge >= 0.3 is 0 Å². The Labute approximate surface area is 167 Å². The van der Waals surface area contributed by atoms with Gasteiger partial charge < -0.3 is 16.4 Å². The molecule has 0 aliphatic heterocycles. The predicted molar refractivity (Wildman–Crippen MR) is 111 cm³/mol. The topological polar surface area (TPSA) is 84.2 Å². The summed E-state index contributed by atoms with van der Waals surface area (Å²) < 4.78 is 0. The van der Waals surface area contributed by atoms with Crippen molar-refractivity contribution >= 4 is 24.2 Å². The molecular weight excluding hydrogens is 362 g/mol. The third kappa shape index (κ3) is 7.04. The van der Waals surface area contributed by atoms with Crippen LogP contribution in [0.2, 0.25) is 0 Å². The average molecular weight is 390 g/mol. The highest BCUT2D eigenvalue weighted by Crippen LogP contribution is 2.18. The summed E-state index contributed by atoms with van der Waals surface area (Å²) in [6.45, 7) is 6.04. The second-order valence-corrected chi connectivity index (χ2v) is 7.14. The number of halogens is 1. The van der Waals surface area contributed by atoms with E-state index in [0.717, 1.165) is 11.1 Å². The number of carbonyl (C=O) groups excluding carboxylic acids is 2. The Bertz CT molecular complexity index is 746. The summed E-state index contributed by atoms with van der Waals surface area (Å²) in [5, 5.41) is 5.88. The highest BCUT2D eigenvalue weighted by Gasteiger charge is 2.23. The van der Waals surface area contributed by atoms with Crippen LogP contribution in [0.5, 0.6) is 0 Å². The first-order valence-corrected chi connectivity index (χ1v) is 8.74. The van der Waals surface area contributed by atoms with E-state index in [1.807, 2.05) is 63.2 Å². The number of amides is 2. The molecule has 0 aliphatic rings. The van der Waals surface area contributed by atoms with E-state index in [0.29, 0.717) is 12.1 Å². The van der Waals surface area contributed by atoms with Crippen molar-refractivity contribution in [3.8, 4) is 0 Å². The number of hydrogen-bond donors (Lipinski definition) is 3. The Hall–Kier alpha value is -2.37. The normalized spacial score (nSPS) is 11.9. The minimum absolute atomic E-state index is 0. The van der Waals surface area contributed by atoms with Crippen molar-refractivity contribution in [3.63, 3.8) is 0 Å². The molecule has 6 heteroatoms. The fraction of sp³-hybridized carbons (Fsp3) is 0.333. The quantitative estimate of drug-likeness (QED) is 0.680. The van der Waals surface area contributed by atoms with Gasteiger partial charge in [-0.25, -0.2) is 0 Å². The van der Waals surface area contributed by atoms with Crippen LogP contribution in [0, 0.1) is 6.92 Å². The molecule has 0 fully saturated rings. The Morgan fingerprint density at radius 1 is 1.04 bits per heavy atom. The van der Waals surface area contributed by atoms with Gasteiger partial charge in [0.15, 0.2) is 0 Å².